The van der Waals surface area contributed by atoms with Crippen molar-refractivity contribution >= 4 is 55.1 Å². The van der Waals surface area contributed by atoms with Crippen LogP contribution >= 0.6 is 27.5 Å². The third kappa shape index (κ3) is 8.30. The minimum absolute atomic E-state index is 0.00228. The zero-order valence-electron chi connectivity index (χ0n) is 22.4. The molecule has 0 bridgehead atoms. The van der Waals surface area contributed by atoms with Crippen LogP contribution in [0.25, 0.3) is 0 Å². The van der Waals surface area contributed by atoms with Crippen LogP contribution in [0.15, 0.2) is 82.2 Å². The summed E-state index contributed by atoms with van der Waals surface area (Å²) in [5.41, 5.74) is 2.09. The lowest BCUT2D eigenvalue weighted by Crippen LogP contribution is -2.51. The van der Waals surface area contributed by atoms with E-state index in [0.29, 0.717) is 17.3 Å². The van der Waals surface area contributed by atoms with Crippen LogP contribution in [0.1, 0.15) is 31.9 Å². The number of sulfonamides is 1. The van der Waals surface area contributed by atoms with Gasteiger partial charge in [-0.15, -0.1) is 0 Å². The summed E-state index contributed by atoms with van der Waals surface area (Å²) in [6.07, 6.45) is 0. The van der Waals surface area contributed by atoms with E-state index >= 15 is 0 Å². The lowest BCUT2D eigenvalue weighted by atomic mass is 10.1. The number of aryl methyl sites for hydroxylation is 1. The maximum absolute atomic E-state index is 13.9. The molecule has 3 aromatic carbocycles. The molecule has 0 aromatic heterocycles. The zero-order valence-corrected chi connectivity index (χ0v) is 25.6. The summed E-state index contributed by atoms with van der Waals surface area (Å²) >= 11 is 9.40. The second-order valence-corrected chi connectivity index (χ2v) is 13.0. The molecule has 0 saturated heterocycles. The number of halogens is 2. The molecule has 7 nitrogen and oxygen atoms in total. The standard InChI is InChI=1S/C29H33BrClN3O4S/c1-20(2)17-32-29(36)22(4)33(18-23-7-9-24(30)10-8-23)28(35)19-34(26-13-5-21(3)6-14-26)39(37,38)27-15-11-25(31)12-16-27/h5-16,20,22H,17-19H2,1-4H3,(H,32,36)/t22-/m0/s1. The van der Waals surface area contributed by atoms with Gasteiger partial charge in [-0.25, -0.2) is 8.42 Å². The number of hydrogen-bond donors (Lipinski definition) is 1. The normalized spacial score (nSPS) is 12.2. The number of carbonyl (C=O) groups excluding carboxylic acids is 2. The Hall–Kier alpha value is -2.88. The van der Waals surface area contributed by atoms with Gasteiger partial charge in [0.2, 0.25) is 11.8 Å². The van der Waals surface area contributed by atoms with Crippen molar-refractivity contribution < 1.29 is 18.0 Å². The predicted molar refractivity (Wildman–Crippen MR) is 159 cm³/mol. The van der Waals surface area contributed by atoms with Gasteiger partial charge in [-0.1, -0.05) is 71.2 Å². The van der Waals surface area contributed by atoms with Crippen molar-refractivity contribution in [2.24, 2.45) is 5.92 Å². The van der Waals surface area contributed by atoms with E-state index < -0.39 is 28.5 Å². The molecular weight excluding hydrogens is 602 g/mol. The minimum Gasteiger partial charge on any atom is -0.354 e. The molecule has 3 aromatic rings. The molecule has 2 amide bonds. The highest BCUT2D eigenvalue weighted by molar-refractivity contribution is 9.10. The first-order chi connectivity index (χ1) is 18.4. The molecule has 0 saturated carbocycles. The second-order valence-electron chi connectivity index (χ2n) is 9.76. The highest BCUT2D eigenvalue weighted by Crippen LogP contribution is 2.26. The average Bonchev–Trinajstić information content (AvgIpc) is 2.90. The molecule has 0 fully saturated rings. The third-order valence-electron chi connectivity index (χ3n) is 6.12. The van der Waals surface area contributed by atoms with Crippen molar-refractivity contribution in [2.75, 3.05) is 17.4 Å². The molecule has 10 heteroatoms. The number of benzene rings is 3. The van der Waals surface area contributed by atoms with Crippen LogP contribution in [-0.2, 0) is 26.2 Å². The molecular formula is C29H33BrClN3O4S. The number of nitrogens with one attached hydrogen (secondary N) is 1. The van der Waals surface area contributed by atoms with Crippen LogP contribution < -0.4 is 9.62 Å². The average molecular weight is 635 g/mol. The molecule has 0 aliphatic carbocycles. The Morgan fingerprint density at radius 1 is 0.923 bits per heavy atom. The molecule has 0 unspecified atom stereocenters. The van der Waals surface area contributed by atoms with Gasteiger partial charge in [-0.3, -0.25) is 13.9 Å². The van der Waals surface area contributed by atoms with Crippen LogP contribution in [-0.4, -0.2) is 44.3 Å². The van der Waals surface area contributed by atoms with E-state index in [2.05, 4.69) is 21.2 Å². The van der Waals surface area contributed by atoms with Crippen molar-refractivity contribution in [2.45, 2.75) is 45.2 Å². The molecule has 39 heavy (non-hydrogen) atoms. The molecule has 1 atom stereocenters. The fraction of sp³-hybridized carbons (Fsp3) is 0.310. The Kier molecular flexibility index (Phi) is 10.6. The zero-order chi connectivity index (χ0) is 28.7. The van der Waals surface area contributed by atoms with E-state index in [4.69, 9.17) is 11.6 Å². The third-order valence-corrected chi connectivity index (χ3v) is 8.69. The quantitative estimate of drug-likeness (QED) is 0.289. The second kappa shape index (κ2) is 13.5. The van der Waals surface area contributed by atoms with Gasteiger partial charge in [0.05, 0.1) is 10.6 Å². The number of rotatable bonds is 11. The summed E-state index contributed by atoms with van der Waals surface area (Å²) in [6.45, 7) is 7.61. The smallest absolute Gasteiger partial charge is 0.264 e. The highest BCUT2D eigenvalue weighted by atomic mass is 79.9. The monoisotopic (exact) mass is 633 g/mol. The largest absolute Gasteiger partial charge is 0.354 e. The molecule has 1 N–H and O–H groups in total. The molecule has 0 aliphatic rings. The van der Waals surface area contributed by atoms with Crippen molar-refractivity contribution in [1.29, 1.82) is 0 Å². The topological polar surface area (TPSA) is 86.8 Å². The van der Waals surface area contributed by atoms with Crippen molar-refractivity contribution in [3.63, 3.8) is 0 Å². The van der Waals surface area contributed by atoms with E-state index in [1.165, 1.54) is 29.2 Å². The van der Waals surface area contributed by atoms with Gasteiger partial charge in [0, 0.05) is 22.6 Å². The number of carbonyl (C=O) groups is 2. The fourth-order valence-electron chi connectivity index (χ4n) is 3.80. The van der Waals surface area contributed by atoms with Crippen LogP contribution in [0, 0.1) is 12.8 Å². The van der Waals surface area contributed by atoms with Gasteiger partial charge >= 0.3 is 0 Å². The predicted octanol–water partition coefficient (Wildman–Crippen LogP) is 5.80. The number of amides is 2. The minimum atomic E-state index is -4.14. The number of anilines is 1. The number of nitrogens with zero attached hydrogens (tertiary/aromatic N) is 2. The highest BCUT2D eigenvalue weighted by Gasteiger charge is 2.32. The maximum Gasteiger partial charge on any atom is 0.264 e. The maximum atomic E-state index is 13.9. The first kappa shape index (κ1) is 30.7. The van der Waals surface area contributed by atoms with Gasteiger partial charge in [0.15, 0.2) is 0 Å². The lowest BCUT2D eigenvalue weighted by molar-refractivity contribution is -0.139. The van der Waals surface area contributed by atoms with Crippen LogP contribution in [0.4, 0.5) is 5.69 Å². The summed E-state index contributed by atoms with van der Waals surface area (Å²) in [7, 11) is -4.14. The van der Waals surface area contributed by atoms with Gasteiger partial charge in [0.1, 0.15) is 12.6 Å². The van der Waals surface area contributed by atoms with E-state index in [0.717, 1.165) is 19.9 Å². The Balaban J connectivity index is 2.00. The Morgan fingerprint density at radius 2 is 1.51 bits per heavy atom. The van der Waals surface area contributed by atoms with Crippen molar-refractivity contribution in [1.82, 2.24) is 10.2 Å². The van der Waals surface area contributed by atoms with E-state index in [-0.39, 0.29) is 23.3 Å². The van der Waals surface area contributed by atoms with Crippen LogP contribution in [0.3, 0.4) is 0 Å². The molecule has 0 radical (unpaired) electrons. The molecule has 0 aliphatic heterocycles. The van der Waals surface area contributed by atoms with Crippen LogP contribution in [0.2, 0.25) is 5.02 Å². The van der Waals surface area contributed by atoms with E-state index in [1.807, 2.05) is 45.0 Å². The van der Waals surface area contributed by atoms with Crippen molar-refractivity contribution in [3.05, 3.63) is 93.4 Å². The van der Waals surface area contributed by atoms with Gasteiger partial charge in [-0.05, 0) is 73.9 Å². The first-order valence-electron chi connectivity index (χ1n) is 12.5. The summed E-state index contributed by atoms with van der Waals surface area (Å²) < 4.78 is 29.5. The van der Waals surface area contributed by atoms with Crippen LogP contribution in [0.5, 0.6) is 0 Å². The summed E-state index contributed by atoms with van der Waals surface area (Å²) in [5, 5.41) is 3.28. The van der Waals surface area contributed by atoms with Gasteiger partial charge in [0.25, 0.3) is 10.0 Å². The van der Waals surface area contributed by atoms with Gasteiger partial charge < -0.3 is 10.2 Å². The Morgan fingerprint density at radius 3 is 2.08 bits per heavy atom. The summed E-state index contributed by atoms with van der Waals surface area (Å²) in [6, 6.07) is 19.3. The lowest BCUT2D eigenvalue weighted by Gasteiger charge is -2.32. The molecule has 208 valence electrons. The van der Waals surface area contributed by atoms with Crippen molar-refractivity contribution in [3.8, 4) is 0 Å². The molecule has 0 heterocycles. The fourth-order valence-corrected chi connectivity index (χ4v) is 5.60. The first-order valence-corrected chi connectivity index (χ1v) is 15.2. The summed E-state index contributed by atoms with van der Waals surface area (Å²) in [4.78, 5) is 28.3. The van der Waals surface area contributed by atoms with E-state index in [1.54, 1.807) is 31.2 Å². The molecule has 0 spiro atoms. The summed E-state index contributed by atoms with van der Waals surface area (Å²) in [5.74, 6) is -0.585. The Labute approximate surface area is 244 Å². The van der Waals surface area contributed by atoms with E-state index in [9.17, 15) is 18.0 Å². The SMILES string of the molecule is Cc1ccc(N(CC(=O)N(Cc2ccc(Br)cc2)[C@@H](C)C(=O)NCC(C)C)S(=O)(=O)c2ccc(Cl)cc2)cc1. The molecule has 3 rings (SSSR count). The number of hydrogen-bond acceptors (Lipinski definition) is 4. The van der Waals surface area contributed by atoms with Gasteiger partial charge in [-0.2, -0.15) is 0 Å². The Bertz CT molecular complexity index is 1380.